The van der Waals surface area contributed by atoms with Gasteiger partial charge < -0.3 is 10.2 Å². The molecule has 1 aromatic rings. The molecule has 1 aromatic heterocycles. The summed E-state index contributed by atoms with van der Waals surface area (Å²) >= 11 is 0. The van der Waals surface area contributed by atoms with E-state index in [0.717, 1.165) is 37.2 Å². The van der Waals surface area contributed by atoms with Gasteiger partial charge in [-0.15, -0.1) is 0 Å². The maximum atomic E-state index is 4.72. The van der Waals surface area contributed by atoms with Crippen molar-refractivity contribution in [3.63, 3.8) is 0 Å². The fraction of sp³-hybridized carbons (Fsp3) is 0.765. The zero-order valence-electron chi connectivity index (χ0n) is 14.2. The van der Waals surface area contributed by atoms with Gasteiger partial charge in [0.1, 0.15) is 0 Å². The predicted octanol–water partition coefficient (Wildman–Crippen LogP) is 3.30. The van der Waals surface area contributed by atoms with Crippen LogP contribution in [0.2, 0.25) is 0 Å². The van der Waals surface area contributed by atoms with Crippen molar-refractivity contribution in [1.29, 1.82) is 0 Å². The lowest BCUT2D eigenvalue weighted by molar-refractivity contribution is 0.392. The topological polar surface area (TPSA) is 41.1 Å². The first kappa shape index (κ1) is 16.2. The monoisotopic (exact) mass is 290 g/mol. The van der Waals surface area contributed by atoms with Crippen molar-refractivity contribution in [2.75, 3.05) is 18.0 Å². The Balaban J connectivity index is 1.99. The molecule has 1 N–H and O–H groups in total. The van der Waals surface area contributed by atoms with Gasteiger partial charge in [-0.3, -0.25) is 0 Å². The first-order valence-corrected chi connectivity index (χ1v) is 8.21. The van der Waals surface area contributed by atoms with Crippen molar-refractivity contribution in [3.8, 4) is 0 Å². The van der Waals surface area contributed by atoms with Gasteiger partial charge in [-0.05, 0) is 46.5 Å². The van der Waals surface area contributed by atoms with Crippen LogP contribution in [0.4, 0.5) is 5.95 Å². The fourth-order valence-corrected chi connectivity index (χ4v) is 2.71. The van der Waals surface area contributed by atoms with E-state index in [1.54, 1.807) is 0 Å². The van der Waals surface area contributed by atoms with Crippen molar-refractivity contribution in [3.05, 3.63) is 17.5 Å². The second-order valence-corrected chi connectivity index (χ2v) is 7.22. The van der Waals surface area contributed by atoms with Gasteiger partial charge in [0.15, 0.2) is 0 Å². The quantitative estimate of drug-likeness (QED) is 0.924. The Hall–Kier alpha value is -1.16. The number of nitrogens with zero attached hydrogens (tertiary/aromatic N) is 3. The molecule has 21 heavy (non-hydrogen) atoms. The van der Waals surface area contributed by atoms with Crippen LogP contribution in [0.25, 0.3) is 0 Å². The van der Waals surface area contributed by atoms with Crippen LogP contribution < -0.4 is 10.2 Å². The largest absolute Gasteiger partial charge is 0.341 e. The van der Waals surface area contributed by atoms with Crippen LogP contribution in [-0.4, -0.2) is 28.6 Å². The van der Waals surface area contributed by atoms with Gasteiger partial charge in [0.25, 0.3) is 0 Å². The molecule has 0 spiro atoms. The third-order valence-corrected chi connectivity index (χ3v) is 4.35. The number of anilines is 1. The minimum Gasteiger partial charge on any atom is -0.341 e. The molecule has 4 heteroatoms. The molecule has 0 saturated carbocycles. The fourth-order valence-electron chi connectivity index (χ4n) is 2.71. The molecular weight excluding hydrogens is 260 g/mol. The molecule has 0 amide bonds. The lowest BCUT2D eigenvalue weighted by Crippen LogP contribution is -2.36. The summed E-state index contributed by atoms with van der Waals surface area (Å²) in [6.07, 6.45) is 5.83. The zero-order valence-corrected chi connectivity index (χ0v) is 14.2. The van der Waals surface area contributed by atoms with E-state index in [2.05, 4.69) is 49.8 Å². The Kier molecular flexibility index (Phi) is 5.20. The summed E-state index contributed by atoms with van der Waals surface area (Å²) in [5, 5.41) is 3.50. The minimum atomic E-state index is 0.118. The molecule has 0 aliphatic carbocycles. The van der Waals surface area contributed by atoms with Crippen LogP contribution in [0.5, 0.6) is 0 Å². The molecule has 2 heterocycles. The van der Waals surface area contributed by atoms with Gasteiger partial charge in [0, 0.05) is 42.6 Å². The van der Waals surface area contributed by atoms with Gasteiger partial charge >= 0.3 is 0 Å². The predicted molar refractivity (Wildman–Crippen MR) is 88.6 cm³/mol. The maximum absolute atomic E-state index is 4.72. The van der Waals surface area contributed by atoms with Crippen LogP contribution in [0.3, 0.4) is 0 Å². The van der Waals surface area contributed by atoms with E-state index < -0.39 is 0 Å². The molecule has 0 aromatic carbocycles. The number of aryl methyl sites for hydroxylation is 1. The number of hydrogen-bond donors (Lipinski definition) is 1. The van der Waals surface area contributed by atoms with E-state index in [0.29, 0.717) is 0 Å². The molecule has 118 valence electrons. The van der Waals surface area contributed by atoms with Gasteiger partial charge in [0.2, 0.25) is 5.95 Å². The molecule has 1 aliphatic rings. The second-order valence-electron chi connectivity index (χ2n) is 7.22. The summed E-state index contributed by atoms with van der Waals surface area (Å²) in [6, 6.07) is 0. The van der Waals surface area contributed by atoms with E-state index in [-0.39, 0.29) is 5.54 Å². The summed E-state index contributed by atoms with van der Waals surface area (Å²) < 4.78 is 0. The summed E-state index contributed by atoms with van der Waals surface area (Å²) in [5.74, 6) is 1.79. The van der Waals surface area contributed by atoms with Crippen molar-refractivity contribution in [1.82, 2.24) is 15.3 Å². The SMILES string of the molecule is CCC1CCN(c2ncc(CNC(C)(C)C)c(C)n2)CC1. The average Bonchev–Trinajstić information content (AvgIpc) is 2.45. The Morgan fingerprint density at radius 3 is 2.48 bits per heavy atom. The minimum absolute atomic E-state index is 0.118. The van der Waals surface area contributed by atoms with Crippen molar-refractivity contribution in [2.24, 2.45) is 5.92 Å². The highest BCUT2D eigenvalue weighted by Crippen LogP contribution is 2.23. The van der Waals surface area contributed by atoms with E-state index in [9.17, 15) is 0 Å². The molecule has 0 bridgehead atoms. The van der Waals surface area contributed by atoms with Crippen molar-refractivity contribution >= 4 is 5.95 Å². The lowest BCUT2D eigenvalue weighted by atomic mass is 9.95. The van der Waals surface area contributed by atoms with Crippen molar-refractivity contribution in [2.45, 2.75) is 66.0 Å². The molecule has 1 fully saturated rings. The summed E-state index contributed by atoms with van der Waals surface area (Å²) in [6.45, 7) is 13.9. The molecule has 1 saturated heterocycles. The molecular formula is C17H30N4. The van der Waals surface area contributed by atoms with Crippen LogP contribution in [0.1, 0.15) is 58.2 Å². The highest BCUT2D eigenvalue weighted by Gasteiger charge is 2.20. The maximum Gasteiger partial charge on any atom is 0.225 e. The normalized spacial score (nSPS) is 17.3. The highest BCUT2D eigenvalue weighted by atomic mass is 15.3. The first-order chi connectivity index (χ1) is 9.89. The number of hydrogen-bond acceptors (Lipinski definition) is 4. The van der Waals surface area contributed by atoms with E-state index >= 15 is 0 Å². The van der Waals surface area contributed by atoms with E-state index in [1.165, 1.54) is 24.8 Å². The summed E-state index contributed by atoms with van der Waals surface area (Å²) in [7, 11) is 0. The Labute approximate surface area is 129 Å². The number of rotatable bonds is 4. The Bertz CT molecular complexity index is 456. The smallest absolute Gasteiger partial charge is 0.225 e. The molecule has 2 rings (SSSR count). The van der Waals surface area contributed by atoms with Crippen LogP contribution in [0.15, 0.2) is 6.20 Å². The number of aromatic nitrogens is 2. The second kappa shape index (κ2) is 6.73. The van der Waals surface area contributed by atoms with Gasteiger partial charge in [0.05, 0.1) is 0 Å². The summed E-state index contributed by atoms with van der Waals surface area (Å²) in [4.78, 5) is 11.6. The third kappa shape index (κ3) is 4.67. The average molecular weight is 290 g/mol. The van der Waals surface area contributed by atoms with Gasteiger partial charge in [-0.25, -0.2) is 9.97 Å². The third-order valence-electron chi connectivity index (χ3n) is 4.35. The Morgan fingerprint density at radius 2 is 1.95 bits per heavy atom. The highest BCUT2D eigenvalue weighted by molar-refractivity contribution is 5.33. The van der Waals surface area contributed by atoms with Gasteiger partial charge in [-0.2, -0.15) is 0 Å². The number of nitrogens with one attached hydrogen (secondary N) is 1. The molecule has 0 unspecified atom stereocenters. The number of piperidine rings is 1. The van der Waals surface area contributed by atoms with Crippen LogP contribution in [0, 0.1) is 12.8 Å². The molecule has 0 atom stereocenters. The van der Waals surface area contributed by atoms with Crippen LogP contribution in [-0.2, 0) is 6.54 Å². The molecule has 0 radical (unpaired) electrons. The van der Waals surface area contributed by atoms with E-state index in [1.807, 2.05) is 6.20 Å². The van der Waals surface area contributed by atoms with Crippen LogP contribution >= 0.6 is 0 Å². The van der Waals surface area contributed by atoms with Gasteiger partial charge in [-0.1, -0.05) is 13.3 Å². The standard InChI is InChI=1S/C17H30N4/c1-6-14-7-9-21(10-8-14)16-18-11-15(13(2)20-16)12-19-17(3,4)5/h11,14,19H,6-10,12H2,1-5H3. The Morgan fingerprint density at radius 1 is 1.29 bits per heavy atom. The van der Waals surface area contributed by atoms with E-state index in [4.69, 9.17) is 4.98 Å². The van der Waals surface area contributed by atoms with Crippen molar-refractivity contribution < 1.29 is 0 Å². The molecule has 4 nitrogen and oxygen atoms in total. The first-order valence-electron chi connectivity index (χ1n) is 8.21. The lowest BCUT2D eigenvalue weighted by Gasteiger charge is -2.31. The summed E-state index contributed by atoms with van der Waals surface area (Å²) in [5.41, 5.74) is 2.40. The zero-order chi connectivity index (χ0) is 15.5. The molecule has 1 aliphatic heterocycles.